The fourth-order valence-corrected chi connectivity index (χ4v) is 3.91. The molecular weight excluding hydrogens is 505 g/mol. The highest BCUT2D eigenvalue weighted by atomic mass is 79.9. The molecule has 9 heteroatoms. The lowest BCUT2D eigenvalue weighted by atomic mass is 10.1. The molecule has 7 nitrogen and oxygen atoms in total. The molecule has 0 bridgehead atoms. The fraction of sp³-hybridized carbons (Fsp3) is 0.200. The van der Waals surface area contributed by atoms with Gasteiger partial charge in [0.05, 0.1) is 18.7 Å². The first kappa shape index (κ1) is 23.6. The number of hydrazine groups is 1. The second kappa shape index (κ2) is 10.6. The molecule has 1 atom stereocenters. The Bertz CT molecular complexity index is 1170. The number of hydrogen-bond acceptors (Lipinski definition) is 5. The molecule has 176 valence electrons. The van der Waals surface area contributed by atoms with Crippen molar-refractivity contribution in [2.24, 2.45) is 5.92 Å². The minimum atomic E-state index is -0.502. The van der Waals surface area contributed by atoms with Gasteiger partial charge in [0.2, 0.25) is 11.8 Å². The Balaban J connectivity index is 1.40. The lowest BCUT2D eigenvalue weighted by molar-refractivity contribution is -0.125. The Hall–Kier alpha value is -3.59. The van der Waals surface area contributed by atoms with E-state index in [0.29, 0.717) is 23.7 Å². The lowest BCUT2D eigenvalue weighted by Gasteiger charge is -2.19. The highest BCUT2D eigenvalue weighted by Crippen LogP contribution is 2.35. The monoisotopic (exact) mass is 527 g/mol. The summed E-state index contributed by atoms with van der Waals surface area (Å²) in [5.74, 6) is -0.368. The van der Waals surface area contributed by atoms with Gasteiger partial charge in [-0.2, -0.15) is 0 Å². The number of nitrogens with one attached hydrogen (secondary N) is 2. The number of nitrogens with zero attached hydrogens (tertiary/aromatic N) is 1. The summed E-state index contributed by atoms with van der Waals surface area (Å²) in [5, 5.41) is 0. The van der Waals surface area contributed by atoms with Crippen LogP contribution >= 0.6 is 15.9 Å². The normalized spacial score (nSPS) is 15.2. The number of hydrogen-bond donors (Lipinski definition) is 2. The molecule has 0 spiro atoms. The van der Waals surface area contributed by atoms with Crippen LogP contribution in [-0.2, 0) is 16.2 Å². The van der Waals surface area contributed by atoms with Gasteiger partial charge in [-0.3, -0.25) is 20.4 Å². The molecule has 3 aromatic carbocycles. The highest BCUT2D eigenvalue weighted by Gasteiger charge is 2.35. The molecule has 0 aliphatic carbocycles. The second-order valence-corrected chi connectivity index (χ2v) is 8.66. The molecule has 0 unspecified atom stereocenters. The topological polar surface area (TPSA) is 79.9 Å². The van der Waals surface area contributed by atoms with E-state index in [2.05, 4.69) is 26.8 Å². The van der Waals surface area contributed by atoms with Gasteiger partial charge < -0.3 is 14.4 Å². The molecule has 0 radical (unpaired) electrons. The van der Waals surface area contributed by atoms with Crippen molar-refractivity contribution in [2.45, 2.75) is 13.0 Å². The van der Waals surface area contributed by atoms with Crippen LogP contribution in [0.5, 0.6) is 11.5 Å². The van der Waals surface area contributed by atoms with E-state index < -0.39 is 5.92 Å². The van der Waals surface area contributed by atoms with Gasteiger partial charge in [0.25, 0.3) is 0 Å². The number of ether oxygens (including phenoxy) is 2. The summed E-state index contributed by atoms with van der Waals surface area (Å²) < 4.78 is 25.4. The van der Waals surface area contributed by atoms with Crippen molar-refractivity contribution >= 4 is 39.1 Å². The first-order chi connectivity index (χ1) is 16.4. The third-order valence-electron chi connectivity index (χ3n) is 5.45. The van der Waals surface area contributed by atoms with Crippen LogP contribution < -0.4 is 25.2 Å². The minimum absolute atomic E-state index is 0.104. The summed E-state index contributed by atoms with van der Waals surface area (Å²) in [4.78, 5) is 26.9. The SMILES string of the molecule is COc1cccc(NNC(=O)[C@@H]2CC(=O)N(c3ccc(Br)cc3)C2)c1OCc1ccc(F)cc1. The Kier molecular flexibility index (Phi) is 7.32. The number of rotatable bonds is 8. The van der Waals surface area contributed by atoms with Gasteiger partial charge in [-0.25, -0.2) is 4.39 Å². The van der Waals surface area contributed by atoms with E-state index in [1.165, 1.54) is 19.2 Å². The van der Waals surface area contributed by atoms with Crippen LogP contribution in [0, 0.1) is 11.7 Å². The Labute approximate surface area is 205 Å². The molecule has 1 aliphatic heterocycles. The number of benzene rings is 3. The summed E-state index contributed by atoms with van der Waals surface area (Å²) in [5.41, 5.74) is 7.58. The molecule has 0 saturated carbocycles. The van der Waals surface area contributed by atoms with E-state index in [4.69, 9.17) is 9.47 Å². The van der Waals surface area contributed by atoms with Crippen LogP contribution in [0.2, 0.25) is 0 Å². The van der Waals surface area contributed by atoms with Gasteiger partial charge in [0, 0.05) is 23.1 Å². The van der Waals surface area contributed by atoms with Crippen LogP contribution in [0.3, 0.4) is 0 Å². The van der Waals surface area contributed by atoms with E-state index in [1.54, 1.807) is 35.2 Å². The third kappa shape index (κ3) is 5.48. The predicted octanol–water partition coefficient (Wildman–Crippen LogP) is 4.67. The minimum Gasteiger partial charge on any atom is -0.493 e. The maximum absolute atomic E-state index is 13.2. The largest absolute Gasteiger partial charge is 0.493 e. The summed E-state index contributed by atoms with van der Waals surface area (Å²) in [6.45, 7) is 0.475. The number of carbonyl (C=O) groups is 2. The maximum atomic E-state index is 13.2. The zero-order valence-corrected chi connectivity index (χ0v) is 20.0. The molecule has 1 aliphatic rings. The smallest absolute Gasteiger partial charge is 0.243 e. The van der Waals surface area contributed by atoms with Crippen molar-refractivity contribution in [3.05, 3.63) is 82.6 Å². The average Bonchev–Trinajstić information content (AvgIpc) is 3.24. The Morgan fingerprint density at radius 2 is 1.85 bits per heavy atom. The van der Waals surface area contributed by atoms with Gasteiger partial charge in [0.1, 0.15) is 12.4 Å². The molecule has 4 rings (SSSR count). The number of anilines is 2. The number of amides is 2. The molecule has 2 amide bonds. The van der Waals surface area contributed by atoms with Crippen LogP contribution in [0.25, 0.3) is 0 Å². The van der Waals surface area contributed by atoms with Gasteiger partial charge in [-0.05, 0) is 54.1 Å². The van der Waals surface area contributed by atoms with E-state index in [1.807, 2.05) is 24.3 Å². The van der Waals surface area contributed by atoms with Gasteiger partial charge >= 0.3 is 0 Å². The number of methoxy groups -OCH3 is 1. The van der Waals surface area contributed by atoms with Crippen molar-refractivity contribution in [2.75, 3.05) is 24.0 Å². The Morgan fingerprint density at radius 3 is 2.56 bits per heavy atom. The van der Waals surface area contributed by atoms with Gasteiger partial charge in [-0.1, -0.05) is 34.1 Å². The summed E-state index contributed by atoms with van der Waals surface area (Å²) >= 11 is 3.38. The van der Waals surface area contributed by atoms with E-state index in [0.717, 1.165) is 15.7 Å². The summed E-state index contributed by atoms with van der Waals surface area (Å²) in [7, 11) is 1.52. The van der Waals surface area contributed by atoms with Crippen molar-refractivity contribution in [1.82, 2.24) is 5.43 Å². The first-order valence-corrected chi connectivity index (χ1v) is 11.4. The molecule has 1 heterocycles. The third-order valence-corrected chi connectivity index (χ3v) is 5.98. The standard InChI is InChI=1S/C25H23BrFN3O4/c1-33-22-4-2-3-21(24(22)34-15-16-5-9-19(27)10-6-16)28-29-25(32)17-13-23(31)30(14-17)20-11-7-18(26)8-12-20/h2-12,17,28H,13-15H2,1H3,(H,29,32)/t17-/m1/s1. The van der Waals surface area contributed by atoms with Crippen molar-refractivity contribution in [1.29, 1.82) is 0 Å². The van der Waals surface area contributed by atoms with E-state index in [9.17, 15) is 14.0 Å². The number of halogens is 2. The Morgan fingerprint density at radius 1 is 1.12 bits per heavy atom. The zero-order valence-electron chi connectivity index (χ0n) is 18.4. The molecule has 3 aromatic rings. The summed E-state index contributed by atoms with van der Waals surface area (Å²) in [6, 6.07) is 18.6. The van der Waals surface area contributed by atoms with Crippen molar-refractivity contribution in [3.8, 4) is 11.5 Å². The molecule has 34 heavy (non-hydrogen) atoms. The molecule has 1 saturated heterocycles. The molecular formula is C25H23BrFN3O4. The van der Waals surface area contributed by atoms with Gasteiger partial charge in [-0.15, -0.1) is 0 Å². The predicted molar refractivity (Wildman–Crippen MR) is 130 cm³/mol. The molecule has 1 fully saturated rings. The lowest BCUT2D eigenvalue weighted by Crippen LogP contribution is -2.36. The number of carbonyl (C=O) groups excluding carboxylic acids is 2. The van der Waals surface area contributed by atoms with E-state index in [-0.39, 0.29) is 30.7 Å². The quantitative estimate of drug-likeness (QED) is 0.416. The first-order valence-electron chi connectivity index (χ1n) is 10.6. The van der Waals surface area contributed by atoms with Crippen LogP contribution in [0.15, 0.2) is 71.2 Å². The molecule has 2 N–H and O–H groups in total. The van der Waals surface area contributed by atoms with Gasteiger partial charge in [0.15, 0.2) is 11.5 Å². The van der Waals surface area contributed by atoms with Crippen LogP contribution in [0.4, 0.5) is 15.8 Å². The zero-order chi connectivity index (χ0) is 24.1. The van der Waals surface area contributed by atoms with E-state index >= 15 is 0 Å². The highest BCUT2D eigenvalue weighted by molar-refractivity contribution is 9.10. The summed E-state index contributed by atoms with van der Waals surface area (Å²) in [6.07, 6.45) is 0.121. The second-order valence-electron chi connectivity index (χ2n) is 7.75. The average molecular weight is 528 g/mol. The number of para-hydroxylation sites is 1. The van der Waals surface area contributed by atoms with Crippen molar-refractivity contribution < 1.29 is 23.5 Å². The molecule has 0 aromatic heterocycles. The maximum Gasteiger partial charge on any atom is 0.243 e. The van der Waals surface area contributed by atoms with Crippen LogP contribution in [0.1, 0.15) is 12.0 Å². The fourth-order valence-electron chi connectivity index (χ4n) is 3.64. The van der Waals surface area contributed by atoms with Crippen molar-refractivity contribution in [3.63, 3.8) is 0 Å². The van der Waals surface area contributed by atoms with Crippen LogP contribution in [-0.4, -0.2) is 25.5 Å².